The maximum Gasteiger partial charge on any atom is 0.240 e. The van der Waals surface area contributed by atoms with E-state index in [1.54, 1.807) is 4.57 Å². The highest BCUT2D eigenvalue weighted by molar-refractivity contribution is 7.71. The number of carbonyl (C=O) groups excluding carboxylic acids is 1. The van der Waals surface area contributed by atoms with Crippen LogP contribution in [0.1, 0.15) is 18.9 Å². The highest BCUT2D eigenvalue weighted by atomic mass is 32.1. The van der Waals surface area contributed by atoms with E-state index in [-0.39, 0.29) is 12.5 Å². The van der Waals surface area contributed by atoms with E-state index in [2.05, 4.69) is 15.5 Å². The van der Waals surface area contributed by atoms with Crippen molar-refractivity contribution in [1.82, 2.24) is 20.1 Å². The van der Waals surface area contributed by atoms with Crippen molar-refractivity contribution in [2.24, 2.45) is 0 Å². The lowest BCUT2D eigenvalue weighted by molar-refractivity contribution is -0.121. The van der Waals surface area contributed by atoms with Crippen LogP contribution in [-0.2, 0) is 11.3 Å². The van der Waals surface area contributed by atoms with Gasteiger partial charge >= 0.3 is 0 Å². The largest absolute Gasteiger partial charge is 0.355 e. The van der Waals surface area contributed by atoms with E-state index in [9.17, 15) is 4.79 Å². The number of hydrogen-bond acceptors (Lipinski definition) is 3. The standard InChI is InChI=1S/C14H18N4OS/c1-3-8-15-12(19)9-18-13(16-17-14(18)20)11-6-4-10(2)5-7-11/h4-7H,3,8-9H2,1-2H3,(H,15,19)(H,17,20). The van der Waals surface area contributed by atoms with Crippen molar-refractivity contribution >= 4 is 18.1 Å². The van der Waals surface area contributed by atoms with Gasteiger partial charge in [0.15, 0.2) is 10.6 Å². The van der Waals surface area contributed by atoms with Crippen molar-refractivity contribution < 1.29 is 4.79 Å². The average molecular weight is 290 g/mol. The Morgan fingerprint density at radius 1 is 1.40 bits per heavy atom. The molecule has 2 rings (SSSR count). The maximum absolute atomic E-state index is 11.8. The predicted octanol–water partition coefficient (Wildman–Crippen LogP) is 2.44. The smallest absolute Gasteiger partial charge is 0.240 e. The molecule has 106 valence electrons. The van der Waals surface area contributed by atoms with Gasteiger partial charge in [-0.25, -0.2) is 0 Å². The molecular weight excluding hydrogens is 272 g/mol. The lowest BCUT2D eigenvalue weighted by Crippen LogP contribution is -2.28. The van der Waals surface area contributed by atoms with Crippen LogP contribution in [0, 0.1) is 11.7 Å². The third kappa shape index (κ3) is 3.33. The van der Waals surface area contributed by atoms with E-state index in [4.69, 9.17) is 12.2 Å². The van der Waals surface area contributed by atoms with Gasteiger partial charge < -0.3 is 5.32 Å². The molecule has 0 aliphatic heterocycles. The SMILES string of the molecule is CCCNC(=O)Cn1c(-c2ccc(C)cc2)n[nH]c1=S. The second-order valence-electron chi connectivity index (χ2n) is 4.65. The highest BCUT2D eigenvalue weighted by Gasteiger charge is 2.11. The first-order chi connectivity index (χ1) is 9.61. The summed E-state index contributed by atoms with van der Waals surface area (Å²) in [6.07, 6.45) is 0.910. The van der Waals surface area contributed by atoms with Crippen LogP contribution in [-0.4, -0.2) is 27.2 Å². The van der Waals surface area contributed by atoms with Gasteiger partial charge in [-0.2, -0.15) is 5.10 Å². The number of rotatable bonds is 5. The number of aromatic nitrogens is 3. The molecule has 0 spiro atoms. The van der Waals surface area contributed by atoms with Gasteiger partial charge in [0.2, 0.25) is 5.91 Å². The van der Waals surface area contributed by atoms with Gasteiger partial charge in [0, 0.05) is 12.1 Å². The second-order valence-corrected chi connectivity index (χ2v) is 5.04. The number of aromatic amines is 1. The van der Waals surface area contributed by atoms with E-state index < -0.39 is 0 Å². The zero-order valence-corrected chi connectivity index (χ0v) is 12.5. The van der Waals surface area contributed by atoms with Crippen molar-refractivity contribution in [2.45, 2.75) is 26.8 Å². The fraction of sp³-hybridized carbons (Fsp3) is 0.357. The molecule has 2 aromatic rings. The molecular formula is C14H18N4OS. The second kappa shape index (κ2) is 6.47. The van der Waals surface area contributed by atoms with Crippen molar-refractivity contribution in [3.05, 3.63) is 34.6 Å². The molecule has 0 unspecified atom stereocenters. The zero-order valence-electron chi connectivity index (χ0n) is 11.6. The summed E-state index contributed by atoms with van der Waals surface area (Å²) in [6.45, 7) is 4.89. The summed E-state index contributed by atoms with van der Waals surface area (Å²) in [7, 11) is 0. The highest BCUT2D eigenvalue weighted by Crippen LogP contribution is 2.17. The fourth-order valence-corrected chi connectivity index (χ4v) is 2.05. The lowest BCUT2D eigenvalue weighted by atomic mass is 10.1. The number of benzene rings is 1. The number of H-pyrrole nitrogens is 1. The molecule has 1 heterocycles. The number of nitrogens with one attached hydrogen (secondary N) is 2. The molecule has 6 heteroatoms. The first kappa shape index (κ1) is 14.5. The van der Waals surface area contributed by atoms with Crippen molar-refractivity contribution in [3.63, 3.8) is 0 Å². The molecule has 20 heavy (non-hydrogen) atoms. The van der Waals surface area contributed by atoms with E-state index in [1.165, 1.54) is 5.56 Å². The van der Waals surface area contributed by atoms with Gasteiger partial charge in [0.05, 0.1) is 0 Å². The van der Waals surface area contributed by atoms with Gasteiger partial charge in [0.1, 0.15) is 6.54 Å². The Kier molecular flexibility index (Phi) is 4.68. The third-order valence-corrected chi connectivity index (χ3v) is 3.25. The Labute approximate surface area is 123 Å². The van der Waals surface area contributed by atoms with E-state index >= 15 is 0 Å². The van der Waals surface area contributed by atoms with E-state index in [1.807, 2.05) is 38.1 Å². The summed E-state index contributed by atoms with van der Waals surface area (Å²) in [5.41, 5.74) is 2.11. The molecule has 1 aromatic heterocycles. The Morgan fingerprint density at radius 3 is 2.75 bits per heavy atom. The Bertz CT molecular complexity index is 642. The topological polar surface area (TPSA) is 62.7 Å². The zero-order chi connectivity index (χ0) is 14.5. The summed E-state index contributed by atoms with van der Waals surface area (Å²) in [5.74, 6) is 0.624. The number of hydrogen-bond donors (Lipinski definition) is 2. The molecule has 0 atom stereocenters. The maximum atomic E-state index is 11.8. The molecule has 2 N–H and O–H groups in total. The van der Waals surface area contributed by atoms with Gasteiger partial charge in [-0.1, -0.05) is 36.8 Å². The Morgan fingerprint density at radius 2 is 2.10 bits per heavy atom. The molecule has 0 aliphatic rings. The quantitative estimate of drug-likeness (QED) is 0.831. The molecule has 0 saturated heterocycles. The molecule has 5 nitrogen and oxygen atoms in total. The number of carbonyl (C=O) groups is 1. The van der Waals surface area contributed by atoms with E-state index in [0.717, 1.165) is 12.0 Å². The summed E-state index contributed by atoms with van der Waals surface area (Å²) in [4.78, 5) is 11.8. The van der Waals surface area contributed by atoms with Crippen molar-refractivity contribution in [2.75, 3.05) is 6.54 Å². The van der Waals surface area contributed by atoms with E-state index in [0.29, 0.717) is 17.1 Å². The van der Waals surface area contributed by atoms with Gasteiger partial charge in [-0.3, -0.25) is 14.5 Å². The van der Waals surface area contributed by atoms with Crippen LogP contribution in [0.25, 0.3) is 11.4 Å². The first-order valence-electron chi connectivity index (χ1n) is 6.60. The van der Waals surface area contributed by atoms with Crippen LogP contribution in [0.3, 0.4) is 0 Å². The summed E-state index contributed by atoms with van der Waals surface area (Å²) < 4.78 is 2.16. The van der Waals surface area contributed by atoms with Gasteiger partial charge in [-0.05, 0) is 25.6 Å². The molecule has 0 saturated carbocycles. The molecule has 0 fully saturated rings. The molecule has 1 amide bonds. The molecule has 0 aliphatic carbocycles. The molecule has 0 bridgehead atoms. The summed E-state index contributed by atoms with van der Waals surface area (Å²) in [6, 6.07) is 7.96. The Hall–Kier alpha value is -1.95. The number of aryl methyl sites for hydroxylation is 1. The van der Waals surface area contributed by atoms with Gasteiger partial charge in [-0.15, -0.1) is 0 Å². The van der Waals surface area contributed by atoms with Crippen LogP contribution in [0.2, 0.25) is 0 Å². The minimum absolute atomic E-state index is 0.0577. The first-order valence-corrected chi connectivity index (χ1v) is 7.01. The number of nitrogens with zero attached hydrogens (tertiary/aromatic N) is 2. The Balaban J connectivity index is 2.25. The molecule has 1 aromatic carbocycles. The van der Waals surface area contributed by atoms with Crippen LogP contribution in [0.15, 0.2) is 24.3 Å². The van der Waals surface area contributed by atoms with Gasteiger partial charge in [0.25, 0.3) is 0 Å². The predicted molar refractivity (Wildman–Crippen MR) is 80.9 cm³/mol. The molecule has 0 radical (unpaired) electrons. The van der Waals surface area contributed by atoms with Crippen LogP contribution >= 0.6 is 12.2 Å². The lowest BCUT2D eigenvalue weighted by Gasteiger charge is -2.07. The summed E-state index contributed by atoms with van der Waals surface area (Å²) in [5, 5.41) is 9.80. The van der Waals surface area contributed by atoms with Crippen LogP contribution in [0.4, 0.5) is 0 Å². The summed E-state index contributed by atoms with van der Waals surface area (Å²) >= 11 is 5.19. The minimum Gasteiger partial charge on any atom is -0.355 e. The van der Waals surface area contributed by atoms with Crippen LogP contribution in [0.5, 0.6) is 0 Å². The fourth-order valence-electron chi connectivity index (χ4n) is 1.85. The average Bonchev–Trinajstić information content (AvgIpc) is 2.79. The monoisotopic (exact) mass is 290 g/mol. The minimum atomic E-state index is -0.0577. The van der Waals surface area contributed by atoms with Crippen molar-refractivity contribution in [3.8, 4) is 11.4 Å². The number of amides is 1. The van der Waals surface area contributed by atoms with Crippen molar-refractivity contribution in [1.29, 1.82) is 0 Å². The normalized spacial score (nSPS) is 10.5. The van der Waals surface area contributed by atoms with Crippen LogP contribution < -0.4 is 5.32 Å². The third-order valence-electron chi connectivity index (χ3n) is 2.94.